The minimum atomic E-state index is -0.153. The SMILES string of the molecule is CC/C([O-])=N/[N+](C)(CCO)c1ccccc1. The summed E-state index contributed by atoms with van der Waals surface area (Å²) in [5.74, 6) is -0.153. The van der Waals surface area contributed by atoms with E-state index in [1.165, 1.54) is 0 Å². The summed E-state index contributed by atoms with van der Waals surface area (Å²) in [6, 6.07) is 9.52. The van der Waals surface area contributed by atoms with Gasteiger partial charge in [0.05, 0.1) is 13.7 Å². The molecule has 1 aromatic carbocycles. The van der Waals surface area contributed by atoms with Crippen LogP contribution in [0.15, 0.2) is 35.4 Å². The van der Waals surface area contributed by atoms with Gasteiger partial charge in [-0.15, -0.1) is 0 Å². The fraction of sp³-hybridized carbons (Fsp3) is 0.417. The molecular weight excluding hydrogens is 204 g/mol. The van der Waals surface area contributed by atoms with Crippen molar-refractivity contribution in [2.75, 3.05) is 20.2 Å². The molecule has 1 rings (SSSR count). The Morgan fingerprint density at radius 1 is 1.38 bits per heavy atom. The van der Waals surface area contributed by atoms with E-state index in [0.29, 0.717) is 13.0 Å². The van der Waals surface area contributed by atoms with Crippen LogP contribution in [0.5, 0.6) is 0 Å². The molecule has 4 heteroatoms. The van der Waals surface area contributed by atoms with Gasteiger partial charge >= 0.3 is 0 Å². The van der Waals surface area contributed by atoms with E-state index in [9.17, 15) is 5.11 Å². The average molecular weight is 222 g/mol. The van der Waals surface area contributed by atoms with Crippen molar-refractivity contribution in [3.63, 3.8) is 0 Å². The number of para-hydroxylation sites is 1. The molecule has 0 aliphatic rings. The number of aliphatic hydroxyl groups is 1. The summed E-state index contributed by atoms with van der Waals surface area (Å²) in [5, 5.41) is 24.6. The van der Waals surface area contributed by atoms with E-state index in [1.54, 1.807) is 6.92 Å². The molecule has 0 bridgehead atoms. The lowest BCUT2D eigenvalue weighted by Crippen LogP contribution is -2.44. The first-order valence-corrected chi connectivity index (χ1v) is 5.40. The van der Waals surface area contributed by atoms with E-state index >= 15 is 0 Å². The summed E-state index contributed by atoms with van der Waals surface area (Å²) in [4.78, 5) is 0. The van der Waals surface area contributed by atoms with Crippen molar-refractivity contribution in [2.24, 2.45) is 5.10 Å². The molecule has 0 heterocycles. The maximum Gasteiger partial charge on any atom is 0.159 e. The van der Waals surface area contributed by atoms with Gasteiger partial charge in [-0.1, -0.05) is 30.2 Å². The third-order valence-corrected chi connectivity index (χ3v) is 2.48. The summed E-state index contributed by atoms with van der Waals surface area (Å²) < 4.78 is 0.101. The van der Waals surface area contributed by atoms with Gasteiger partial charge in [0.15, 0.2) is 5.69 Å². The maximum atomic E-state index is 11.4. The second kappa shape index (κ2) is 5.63. The molecule has 4 nitrogen and oxygen atoms in total. The Labute approximate surface area is 96.0 Å². The van der Waals surface area contributed by atoms with E-state index in [-0.39, 0.29) is 17.1 Å². The number of nitrogens with zero attached hydrogens (tertiary/aromatic N) is 2. The van der Waals surface area contributed by atoms with E-state index in [0.717, 1.165) is 5.69 Å². The van der Waals surface area contributed by atoms with Gasteiger partial charge in [0.25, 0.3) is 0 Å². The Bertz CT molecular complexity index is 351. The fourth-order valence-corrected chi connectivity index (χ4v) is 1.50. The van der Waals surface area contributed by atoms with Gasteiger partial charge in [-0.3, -0.25) is 0 Å². The van der Waals surface area contributed by atoms with Gasteiger partial charge in [-0.25, -0.2) is 0 Å². The van der Waals surface area contributed by atoms with E-state index < -0.39 is 0 Å². The van der Waals surface area contributed by atoms with Crippen molar-refractivity contribution >= 4 is 11.6 Å². The van der Waals surface area contributed by atoms with Crippen LogP contribution < -0.4 is 9.70 Å². The monoisotopic (exact) mass is 222 g/mol. The topological polar surface area (TPSA) is 55.7 Å². The van der Waals surface area contributed by atoms with Crippen LogP contribution in [0.4, 0.5) is 5.69 Å². The molecule has 0 radical (unpaired) electrons. The zero-order valence-electron chi connectivity index (χ0n) is 9.76. The molecule has 0 amide bonds. The summed E-state index contributed by atoms with van der Waals surface area (Å²) >= 11 is 0. The normalized spacial score (nSPS) is 15.8. The Hall–Kier alpha value is -1.39. The molecule has 1 unspecified atom stereocenters. The second-order valence-electron chi connectivity index (χ2n) is 3.77. The van der Waals surface area contributed by atoms with Crippen LogP contribution >= 0.6 is 0 Å². The van der Waals surface area contributed by atoms with Crippen molar-refractivity contribution in [3.8, 4) is 0 Å². The lowest BCUT2D eigenvalue weighted by Gasteiger charge is -2.28. The smallest absolute Gasteiger partial charge is 0.159 e. The van der Waals surface area contributed by atoms with Gasteiger partial charge < -0.3 is 10.2 Å². The average Bonchev–Trinajstić information content (AvgIpc) is 2.30. The van der Waals surface area contributed by atoms with Crippen molar-refractivity contribution in [2.45, 2.75) is 13.3 Å². The summed E-state index contributed by atoms with van der Waals surface area (Å²) in [7, 11) is 1.82. The number of likely N-dealkylation sites (N-methyl/N-ethyl adjacent to an activating group) is 1. The Balaban J connectivity index is 3.06. The summed E-state index contributed by atoms with van der Waals surface area (Å²) in [6.45, 7) is 2.17. The lowest BCUT2D eigenvalue weighted by atomic mass is 10.3. The van der Waals surface area contributed by atoms with Gasteiger partial charge in [0, 0.05) is 18.0 Å². The van der Waals surface area contributed by atoms with Crippen LogP contribution in [0, 0.1) is 0 Å². The zero-order valence-corrected chi connectivity index (χ0v) is 9.76. The molecule has 0 fully saturated rings. The molecule has 0 saturated heterocycles. The first kappa shape index (κ1) is 12.7. The zero-order chi connectivity index (χ0) is 12.0. The van der Waals surface area contributed by atoms with E-state index in [2.05, 4.69) is 5.10 Å². The van der Waals surface area contributed by atoms with Crippen molar-refractivity contribution in [1.82, 2.24) is 4.59 Å². The van der Waals surface area contributed by atoms with Gasteiger partial charge in [0.1, 0.15) is 6.54 Å². The highest BCUT2D eigenvalue weighted by Gasteiger charge is 2.23. The highest BCUT2D eigenvalue weighted by Crippen LogP contribution is 2.20. The van der Waals surface area contributed by atoms with Gasteiger partial charge in [-0.05, 0) is 6.42 Å². The Kier molecular flexibility index (Phi) is 4.46. The third-order valence-electron chi connectivity index (χ3n) is 2.48. The molecule has 0 saturated carbocycles. The minimum absolute atomic E-state index is 0.00805. The summed E-state index contributed by atoms with van der Waals surface area (Å²) in [6.07, 6.45) is 0.381. The van der Waals surface area contributed by atoms with Gasteiger partial charge in [0.2, 0.25) is 0 Å². The molecule has 16 heavy (non-hydrogen) atoms. The van der Waals surface area contributed by atoms with Crippen LogP contribution in [-0.4, -0.2) is 31.2 Å². The van der Waals surface area contributed by atoms with Crippen LogP contribution in [0.2, 0.25) is 0 Å². The first-order valence-electron chi connectivity index (χ1n) is 5.40. The predicted octanol–water partition coefficient (Wildman–Crippen LogP) is 0.700. The molecule has 1 aromatic rings. The Morgan fingerprint density at radius 3 is 2.50 bits per heavy atom. The minimum Gasteiger partial charge on any atom is -0.858 e. The highest BCUT2D eigenvalue weighted by atomic mass is 16.3. The highest BCUT2D eigenvalue weighted by molar-refractivity contribution is 5.71. The molecule has 0 aromatic heterocycles. The number of hydrogen-bond donors (Lipinski definition) is 1. The van der Waals surface area contributed by atoms with Gasteiger partial charge in [-0.2, -0.15) is 4.59 Å². The maximum absolute atomic E-state index is 11.4. The van der Waals surface area contributed by atoms with E-state index in [4.69, 9.17) is 5.11 Å². The molecule has 0 aliphatic heterocycles. The number of rotatable bonds is 5. The number of quaternary nitrogens is 1. The quantitative estimate of drug-likeness (QED) is 0.345. The second-order valence-corrected chi connectivity index (χ2v) is 3.77. The fourth-order valence-electron chi connectivity index (χ4n) is 1.50. The van der Waals surface area contributed by atoms with E-state index in [1.807, 2.05) is 37.4 Å². The molecular formula is C12H18N2O2. The van der Waals surface area contributed by atoms with Crippen LogP contribution in [-0.2, 0) is 0 Å². The van der Waals surface area contributed by atoms with Crippen LogP contribution in [0.3, 0.4) is 0 Å². The molecule has 0 aliphatic carbocycles. The van der Waals surface area contributed by atoms with Crippen LogP contribution in [0.25, 0.3) is 0 Å². The van der Waals surface area contributed by atoms with Crippen molar-refractivity contribution in [3.05, 3.63) is 30.3 Å². The summed E-state index contributed by atoms with van der Waals surface area (Å²) in [5.41, 5.74) is 0.901. The largest absolute Gasteiger partial charge is 0.858 e. The molecule has 1 N–H and O–H groups in total. The van der Waals surface area contributed by atoms with Crippen molar-refractivity contribution in [1.29, 1.82) is 0 Å². The number of aliphatic hydroxyl groups excluding tert-OH is 1. The van der Waals surface area contributed by atoms with Crippen LogP contribution in [0.1, 0.15) is 13.3 Å². The lowest BCUT2D eigenvalue weighted by molar-refractivity contribution is -0.220. The predicted molar refractivity (Wildman–Crippen MR) is 63.8 cm³/mol. The molecule has 0 spiro atoms. The van der Waals surface area contributed by atoms with Crippen molar-refractivity contribution < 1.29 is 10.2 Å². The third kappa shape index (κ3) is 3.05. The Morgan fingerprint density at radius 2 is 2.00 bits per heavy atom. The number of hydrogen-bond acceptors (Lipinski definition) is 3. The molecule has 88 valence electrons. The number of benzene rings is 1. The first-order chi connectivity index (χ1) is 7.62. The standard InChI is InChI=1S/C12H18N2O2/c1-3-12(16)13-14(2,9-10-15)11-7-5-4-6-8-11/h4-8,15H,3,9-10H2,1-2H3. The molecule has 1 atom stereocenters.